The molecule has 0 spiro atoms. The average molecular weight is 400 g/mol. The van der Waals surface area contributed by atoms with E-state index in [9.17, 15) is 4.79 Å². The minimum Gasteiger partial charge on any atom is -0.316 e. The third-order valence-corrected chi connectivity index (χ3v) is 5.64. The van der Waals surface area contributed by atoms with Crippen LogP contribution in [0.5, 0.6) is 0 Å². The molecule has 1 aliphatic heterocycles. The van der Waals surface area contributed by atoms with E-state index in [1.165, 1.54) is 16.3 Å². The van der Waals surface area contributed by atoms with Crippen LogP contribution in [0.1, 0.15) is 24.5 Å². The van der Waals surface area contributed by atoms with E-state index in [1.54, 1.807) is 0 Å². The number of thioether (sulfide) groups is 1. The third-order valence-electron chi connectivity index (χ3n) is 4.61. The summed E-state index contributed by atoms with van der Waals surface area (Å²) in [5, 5.41) is 9.21. The number of hydrogen-bond acceptors (Lipinski definition) is 5. The van der Waals surface area contributed by atoms with Gasteiger partial charge in [-0.2, -0.15) is 9.61 Å². The standard InChI is InChI=1S/C19H18ClN5OS/c1-2-10-27-18-22-17-15(12-5-7-14(20)8-6-12)16(13-4-3-9-21-11-13)24-25(17)19(26)23-18/h1,5-8,13,21H,3-4,9-11H2,(H,22,23,26). The van der Waals surface area contributed by atoms with Crippen molar-refractivity contribution in [3.63, 3.8) is 0 Å². The lowest BCUT2D eigenvalue weighted by atomic mass is 9.91. The van der Waals surface area contributed by atoms with Gasteiger partial charge >= 0.3 is 5.69 Å². The molecule has 3 aromatic rings. The lowest BCUT2D eigenvalue weighted by Crippen LogP contribution is -2.29. The largest absolute Gasteiger partial charge is 0.350 e. The normalized spacial score (nSPS) is 17.1. The summed E-state index contributed by atoms with van der Waals surface area (Å²) in [6.07, 6.45) is 7.43. The average Bonchev–Trinajstić information content (AvgIpc) is 3.08. The van der Waals surface area contributed by atoms with Gasteiger partial charge in [0.15, 0.2) is 10.8 Å². The number of aromatic nitrogens is 4. The molecule has 2 N–H and O–H groups in total. The Morgan fingerprint density at radius 2 is 2.19 bits per heavy atom. The van der Waals surface area contributed by atoms with Gasteiger partial charge in [0.25, 0.3) is 0 Å². The van der Waals surface area contributed by atoms with Crippen molar-refractivity contribution in [2.75, 3.05) is 18.8 Å². The van der Waals surface area contributed by atoms with Gasteiger partial charge in [-0.05, 0) is 37.1 Å². The lowest BCUT2D eigenvalue weighted by Gasteiger charge is -2.22. The summed E-state index contributed by atoms with van der Waals surface area (Å²) in [4.78, 5) is 20.0. The van der Waals surface area contributed by atoms with Gasteiger partial charge in [0.05, 0.1) is 17.0 Å². The SMILES string of the molecule is C#CCSc1nc2c(-c3ccc(Cl)cc3)c(C3CCCNC3)nn2c(=O)[nH]1. The van der Waals surface area contributed by atoms with E-state index in [1.807, 2.05) is 24.3 Å². The van der Waals surface area contributed by atoms with Gasteiger partial charge in [-0.15, -0.1) is 6.42 Å². The Labute approximate surface area is 165 Å². The van der Waals surface area contributed by atoms with Gasteiger partial charge in [-0.3, -0.25) is 4.98 Å². The highest BCUT2D eigenvalue weighted by Gasteiger charge is 2.26. The fourth-order valence-electron chi connectivity index (χ4n) is 3.38. The molecular formula is C19H18ClN5OS. The second kappa shape index (κ2) is 7.77. The molecular weight excluding hydrogens is 382 g/mol. The minimum absolute atomic E-state index is 0.229. The molecule has 1 unspecified atom stereocenters. The Hall–Kier alpha value is -2.27. The summed E-state index contributed by atoms with van der Waals surface area (Å²) >= 11 is 7.39. The molecule has 1 aromatic carbocycles. The Balaban J connectivity index is 1.93. The fraction of sp³-hybridized carbons (Fsp3) is 0.316. The van der Waals surface area contributed by atoms with E-state index in [4.69, 9.17) is 18.0 Å². The molecule has 3 heterocycles. The van der Waals surface area contributed by atoms with Crippen molar-refractivity contribution in [3.05, 3.63) is 45.5 Å². The first-order chi connectivity index (χ1) is 13.2. The van der Waals surface area contributed by atoms with Crippen LogP contribution >= 0.6 is 23.4 Å². The molecule has 1 aliphatic rings. The quantitative estimate of drug-likeness (QED) is 0.521. The summed E-state index contributed by atoms with van der Waals surface area (Å²) in [7, 11) is 0. The summed E-state index contributed by atoms with van der Waals surface area (Å²) < 4.78 is 1.35. The van der Waals surface area contributed by atoms with E-state index in [2.05, 4.69) is 26.3 Å². The zero-order chi connectivity index (χ0) is 18.8. The number of rotatable bonds is 4. The number of nitrogens with zero attached hydrogens (tertiary/aromatic N) is 3. The number of halogens is 1. The van der Waals surface area contributed by atoms with E-state index in [0.29, 0.717) is 21.6 Å². The number of benzene rings is 1. The minimum atomic E-state index is -0.315. The monoisotopic (exact) mass is 399 g/mol. The molecule has 1 fully saturated rings. The molecule has 6 nitrogen and oxygen atoms in total. The van der Waals surface area contributed by atoms with Crippen molar-refractivity contribution >= 4 is 29.0 Å². The van der Waals surface area contributed by atoms with Crippen LogP contribution in [-0.4, -0.2) is 38.4 Å². The van der Waals surface area contributed by atoms with Gasteiger partial charge < -0.3 is 5.32 Å². The van der Waals surface area contributed by atoms with Crippen LogP contribution in [0.25, 0.3) is 16.8 Å². The van der Waals surface area contributed by atoms with Crippen LogP contribution in [0.2, 0.25) is 5.02 Å². The van der Waals surface area contributed by atoms with E-state index in [0.717, 1.165) is 42.8 Å². The Kier molecular flexibility index (Phi) is 5.21. The number of fused-ring (bicyclic) bond motifs is 1. The molecule has 27 heavy (non-hydrogen) atoms. The van der Waals surface area contributed by atoms with Crippen LogP contribution in [0.3, 0.4) is 0 Å². The number of nitrogens with one attached hydrogen (secondary N) is 2. The number of H-pyrrole nitrogens is 1. The molecule has 0 bridgehead atoms. The maximum absolute atomic E-state index is 12.6. The van der Waals surface area contributed by atoms with Gasteiger partial charge in [0, 0.05) is 17.5 Å². The van der Waals surface area contributed by atoms with Crippen molar-refractivity contribution in [2.24, 2.45) is 0 Å². The third kappa shape index (κ3) is 3.61. The molecule has 138 valence electrons. The number of piperidine rings is 1. The first-order valence-corrected chi connectivity index (χ1v) is 10.1. The topological polar surface area (TPSA) is 75.1 Å². The summed E-state index contributed by atoms with van der Waals surface area (Å²) in [6, 6.07) is 7.56. The lowest BCUT2D eigenvalue weighted by molar-refractivity contribution is 0.453. The molecule has 0 amide bonds. The van der Waals surface area contributed by atoms with Crippen molar-refractivity contribution in [1.82, 2.24) is 24.9 Å². The molecule has 1 atom stereocenters. The fourth-order valence-corrected chi connectivity index (χ4v) is 4.04. The van der Waals surface area contributed by atoms with E-state index >= 15 is 0 Å². The summed E-state index contributed by atoms with van der Waals surface area (Å²) in [5.41, 5.74) is 2.95. The number of terminal acetylenes is 1. The van der Waals surface area contributed by atoms with Crippen LogP contribution in [0.15, 0.2) is 34.2 Å². The van der Waals surface area contributed by atoms with E-state index in [-0.39, 0.29) is 11.6 Å². The van der Waals surface area contributed by atoms with Crippen LogP contribution in [0.4, 0.5) is 0 Å². The molecule has 0 radical (unpaired) electrons. The smallest absolute Gasteiger partial charge is 0.316 e. The molecule has 4 rings (SSSR count). The Morgan fingerprint density at radius 1 is 1.37 bits per heavy atom. The van der Waals surface area contributed by atoms with Crippen molar-refractivity contribution < 1.29 is 0 Å². The van der Waals surface area contributed by atoms with Crippen molar-refractivity contribution in [3.8, 4) is 23.5 Å². The number of hydrogen-bond donors (Lipinski definition) is 2. The van der Waals surface area contributed by atoms with Gasteiger partial charge in [0.1, 0.15) is 0 Å². The summed E-state index contributed by atoms with van der Waals surface area (Å²) in [5.74, 6) is 3.21. The van der Waals surface area contributed by atoms with Crippen molar-refractivity contribution in [1.29, 1.82) is 0 Å². The van der Waals surface area contributed by atoms with Crippen LogP contribution in [-0.2, 0) is 0 Å². The Bertz CT molecular complexity index is 1060. The highest BCUT2D eigenvalue weighted by molar-refractivity contribution is 7.99. The van der Waals surface area contributed by atoms with Crippen LogP contribution in [0, 0.1) is 12.3 Å². The zero-order valence-corrected chi connectivity index (χ0v) is 16.1. The predicted octanol–water partition coefficient (Wildman–Crippen LogP) is 2.93. The van der Waals surface area contributed by atoms with E-state index < -0.39 is 0 Å². The number of aromatic amines is 1. The predicted molar refractivity (Wildman–Crippen MR) is 108 cm³/mol. The van der Waals surface area contributed by atoms with Crippen LogP contribution < -0.4 is 11.0 Å². The highest BCUT2D eigenvalue weighted by Crippen LogP contribution is 2.35. The molecule has 8 heteroatoms. The zero-order valence-electron chi connectivity index (χ0n) is 14.5. The van der Waals surface area contributed by atoms with Gasteiger partial charge in [-0.1, -0.05) is 41.4 Å². The molecule has 1 saturated heterocycles. The molecule has 0 aliphatic carbocycles. The highest BCUT2D eigenvalue weighted by atomic mass is 35.5. The first-order valence-electron chi connectivity index (χ1n) is 8.73. The second-order valence-electron chi connectivity index (χ2n) is 6.39. The van der Waals surface area contributed by atoms with Gasteiger partial charge in [-0.25, -0.2) is 9.78 Å². The van der Waals surface area contributed by atoms with Gasteiger partial charge in [0.2, 0.25) is 0 Å². The van der Waals surface area contributed by atoms with Crippen molar-refractivity contribution in [2.45, 2.75) is 23.9 Å². The molecule has 0 saturated carbocycles. The molecule has 2 aromatic heterocycles. The maximum atomic E-state index is 12.6. The Morgan fingerprint density at radius 3 is 2.89 bits per heavy atom. The maximum Gasteiger partial charge on any atom is 0.350 e. The first kappa shape index (κ1) is 18.1. The second-order valence-corrected chi connectivity index (χ2v) is 7.79. The summed E-state index contributed by atoms with van der Waals surface area (Å²) in [6.45, 7) is 1.84.